The normalized spacial score (nSPS) is 41.7. The zero-order chi connectivity index (χ0) is 12.8. The molecule has 2 heteroatoms. The lowest BCUT2D eigenvalue weighted by Gasteiger charge is -2.43. The molecule has 0 radical (unpaired) electrons. The number of ketones is 1. The standard InChI is InChI=1S/C15H24O2/c1-9(2)14(17)11-7-8-15(4)12(16)6-5-10(3)13(11)15/h9,11-13,16H,3,5-8H2,1-2,4H3/t11-,12+,13+,15-/m0/s1. The summed E-state index contributed by atoms with van der Waals surface area (Å²) >= 11 is 0. The first kappa shape index (κ1) is 12.8. The first-order valence-corrected chi connectivity index (χ1v) is 6.77. The van der Waals surface area contributed by atoms with Gasteiger partial charge in [-0.1, -0.05) is 32.9 Å². The van der Waals surface area contributed by atoms with E-state index in [0.717, 1.165) is 25.7 Å². The summed E-state index contributed by atoms with van der Waals surface area (Å²) in [5.74, 6) is 0.756. The number of hydrogen-bond donors (Lipinski definition) is 1. The van der Waals surface area contributed by atoms with Crippen LogP contribution in [0, 0.1) is 23.2 Å². The van der Waals surface area contributed by atoms with Gasteiger partial charge in [-0.2, -0.15) is 0 Å². The summed E-state index contributed by atoms with van der Waals surface area (Å²) in [4.78, 5) is 12.3. The van der Waals surface area contributed by atoms with Gasteiger partial charge >= 0.3 is 0 Å². The Kier molecular flexibility index (Phi) is 3.19. The highest BCUT2D eigenvalue weighted by atomic mass is 16.3. The molecule has 0 aromatic rings. The second kappa shape index (κ2) is 4.24. The third-order valence-corrected chi connectivity index (χ3v) is 4.98. The van der Waals surface area contributed by atoms with Crippen LogP contribution in [0.1, 0.15) is 46.5 Å². The minimum Gasteiger partial charge on any atom is -0.393 e. The Hall–Kier alpha value is -0.630. The van der Waals surface area contributed by atoms with Crippen LogP contribution in [0.4, 0.5) is 0 Å². The molecule has 1 N–H and O–H groups in total. The molecule has 0 bridgehead atoms. The molecule has 2 nitrogen and oxygen atoms in total. The van der Waals surface area contributed by atoms with Gasteiger partial charge in [-0.25, -0.2) is 0 Å². The third-order valence-electron chi connectivity index (χ3n) is 4.98. The van der Waals surface area contributed by atoms with Crippen LogP contribution in [0.25, 0.3) is 0 Å². The van der Waals surface area contributed by atoms with Gasteiger partial charge in [-0.3, -0.25) is 4.79 Å². The van der Waals surface area contributed by atoms with Crippen LogP contribution in [0.2, 0.25) is 0 Å². The molecule has 0 unspecified atom stereocenters. The number of Topliss-reactive ketones (excluding diaryl/α,β-unsaturated/α-hetero) is 1. The van der Waals surface area contributed by atoms with E-state index in [4.69, 9.17) is 0 Å². The smallest absolute Gasteiger partial charge is 0.139 e. The van der Waals surface area contributed by atoms with Crippen molar-refractivity contribution < 1.29 is 9.90 Å². The summed E-state index contributed by atoms with van der Waals surface area (Å²) in [5.41, 5.74) is 1.08. The Balaban J connectivity index is 2.29. The maximum Gasteiger partial charge on any atom is 0.139 e. The number of hydrogen-bond acceptors (Lipinski definition) is 2. The average molecular weight is 236 g/mol. The van der Waals surface area contributed by atoms with Gasteiger partial charge in [0.15, 0.2) is 0 Å². The largest absolute Gasteiger partial charge is 0.393 e. The molecular weight excluding hydrogens is 212 g/mol. The SMILES string of the molecule is C=C1CC[C@@H](O)[C@]2(C)CC[C@H](C(=O)C(C)C)[C@@H]12. The van der Waals surface area contributed by atoms with E-state index >= 15 is 0 Å². The van der Waals surface area contributed by atoms with Crippen molar-refractivity contribution in [3.05, 3.63) is 12.2 Å². The molecular formula is C15H24O2. The van der Waals surface area contributed by atoms with Crippen molar-refractivity contribution in [2.24, 2.45) is 23.2 Å². The minimum atomic E-state index is -0.261. The van der Waals surface area contributed by atoms with Gasteiger partial charge in [0.1, 0.15) is 5.78 Å². The maximum atomic E-state index is 12.3. The molecule has 2 fully saturated rings. The lowest BCUT2D eigenvalue weighted by molar-refractivity contribution is -0.128. The van der Waals surface area contributed by atoms with E-state index < -0.39 is 0 Å². The van der Waals surface area contributed by atoms with Gasteiger partial charge in [0.25, 0.3) is 0 Å². The van der Waals surface area contributed by atoms with Crippen LogP contribution >= 0.6 is 0 Å². The topological polar surface area (TPSA) is 37.3 Å². The van der Waals surface area contributed by atoms with E-state index in [-0.39, 0.29) is 29.3 Å². The average Bonchev–Trinajstić information content (AvgIpc) is 2.63. The van der Waals surface area contributed by atoms with Crippen LogP contribution < -0.4 is 0 Å². The van der Waals surface area contributed by atoms with Crippen LogP contribution in [0.15, 0.2) is 12.2 Å². The molecule has 0 aromatic carbocycles. The van der Waals surface area contributed by atoms with E-state index in [9.17, 15) is 9.90 Å². The number of fused-ring (bicyclic) bond motifs is 1. The highest BCUT2D eigenvalue weighted by molar-refractivity contribution is 5.84. The van der Waals surface area contributed by atoms with Gasteiger partial charge in [0.2, 0.25) is 0 Å². The molecule has 0 heterocycles. The highest BCUT2D eigenvalue weighted by Gasteiger charge is 2.54. The predicted octanol–water partition coefficient (Wildman–Crippen LogP) is 2.95. The number of aliphatic hydroxyl groups excluding tert-OH is 1. The van der Waals surface area contributed by atoms with E-state index in [2.05, 4.69) is 13.5 Å². The van der Waals surface area contributed by atoms with Gasteiger partial charge in [-0.15, -0.1) is 0 Å². The molecule has 0 spiro atoms. The van der Waals surface area contributed by atoms with Crippen molar-refractivity contribution in [3.63, 3.8) is 0 Å². The summed E-state index contributed by atoms with van der Waals surface area (Å²) in [6, 6.07) is 0. The summed E-state index contributed by atoms with van der Waals surface area (Å²) in [7, 11) is 0. The van der Waals surface area contributed by atoms with Crippen molar-refractivity contribution in [1.29, 1.82) is 0 Å². The maximum absolute atomic E-state index is 12.3. The summed E-state index contributed by atoms with van der Waals surface area (Å²) in [6.07, 6.45) is 3.32. The third kappa shape index (κ3) is 1.87. The molecule has 4 atom stereocenters. The Labute approximate surface area is 104 Å². The zero-order valence-corrected chi connectivity index (χ0v) is 11.2. The summed E-state index contributed by atoms with van der Waals surface area (Å²) in [5, 5.41) is 10.2. The number of rotatable bonds is 2. The molecule has 2 aliphatic rings. The zero-order valence-electron chi connectivity index (χ0n) is 11.2. The van der Waals surface area contributed by atoms with E-state index in [1.807, 2.05) is 13.8 Å². The van der Waals surface area contributed by atoms with Gasteiger partial charge in [0.05, 0.1) is 6.10 Å². The van der Waals surface area contributed by atoms with Crippen molar-refractivity contribution >= 4 is 5.78 Å². The highest BCUT2D eigenvalue weighted by Crippen LogP contribution is 2.57. The lowest BCUT2D eigenvalue weighted by Crippen LogP contribution is -2.43. The number of carbonyl (C=O) groups is 1. The fourth-order valence-electron chi connectivity index (χ4n) is 3.92. The Bertz CT molecular complexity index is 345. The van der Waals surface area contributed by atoms with Gasteiger partial charge in [0, 0.05) is 17.3 Å². The quantitative estimate of drug-likeness (QED) is 0.748. The summed E-state index contributed by atoms with van der Waals surface area (Å²) < 4.78 is 0. The Morgan fingerprint density at radius 3 is 2.71 bits per heavy atom. The van der Waals surface area contributed by atoms with Crippen molar-refractivity contribution in [2.45, 2.75) is 52.6 Å². The van der Waals surface area contributed by atoms with Crippen LogP contribution in [0.3, 0.4) is 0 Å². The fraction of sp³-hybridized carbons (Fsp3) is 0.800. The number of allylic oxidation sites excluding steroid dienone is 1. The van der Waals surface area contributed by atoms with E-state index in [1.54, 1.807) is 0 Å². The molecule has 2 saturated carbocycles. The molecule has 0 aromatic heterocycles. The monoisotopic (exact) mass is 236 g/mol. The van der Waals surface area contributed by atoms with Crippen LogP contribution in [-0.4, -0.2) is 17.0 Å². The number of carbonyl (C=O) groups excluding carboxylic acids is 1. The van der Waals surface area contributed by atoms with Crippen LogP contribution in [0.5, 0.6) is 0 Å². The second-order valence-corrected chi connectivity index (χ2v) is 6.40. The Morgan fingerprint density at radius 2 is 2.12 bits per heavy atom. The predicted molar refractivity (Wildman–Crippen MR) is 68.5 cm³/mol. The molecule has 0 amide bonds. The molecule has 17 heavy (non-hydrogen) atoms. The first-order valence-electron chi connectivity index (χ1n) is 6.77. The van der Waals surface area contributed by atoms with Crippen molar-refractivity contribution in [2.75, 3.05) is 0 Å². The second-order valence-electron chi connectivity index (χ2n) is 6.40. The number of aliphatic hydroxyl groups is 1. The molecule has 0 saturated heterocycles. The van der Waals surface area contributed by atoms with E-state index in [1.165, 1.54) is 5.57 Å². The van der Waals surface area contributed by atoms with Crippen LogP contribution in [-0.2, 0) is 4.79 Å². The van der Waals surface area contributed by atoms with Gasteiger partial charge in [-0.05, 0) is 31.6 Å². The van der Waals surface area contributed by atoms with Crippen molar-refractivity contribution in [3.8, 4) is 0 Å². The first-order chi connectivity index (χ1) is 7.88. The molecule has 96 valence electrons. The molecule has 0 aliphatic heterocycles. The fourth-order valence-corrected chi connectivity index (χ4v) is 3.92. The van der Waals surface area contributed by atoms with E-state index in [0.29, 0.717) is 5.78 Å². The van der Waals surface area contributed by atoms with Crippen molar-refractivity contribution in [1.82, 2.24) is 0 Å². The minimum absolute atomic E-state index is 0.0919. The lowest BCUT2D eigenvalue weighted by atomic mass is 9.63. The molecule has 2 aliphatic carbocycles. The summed E-state index contributed by atoms with van der Waals surface area (Å²) in [6.45, 7) is 10.2. The van der Waals surface area contributed by atoms with Gasteiger partial charge < -0.3 is 5.11 Å². The Morgan fingerprint density at radius 1 is 1.47 bits per heavy atom. The molecule has 2 rings (SSSR count).